The van der Waals surface area contributed by atoms with Gasteiger partial charge in [-0.1, -0.05) is 60.7 Å². The summed E-state index contributed by atoms with van der Waals surface area (Å²) in [6.45, 7) is 0. The predicted molar refractivity (Wildman–Crippen MR) is 143 cm³/mol. The van der Waals surface area contributed by atoms with E-state index in [4.69, 9.17) is 5.73 Å². The van der Waals surface area contributed by atoms with Crippen LogP contribution in [-0.4, -0.2) is 14.5 Å². The van der Waals surface area contributed by atoms with E-state index >= 15 is 0 Å². The zero-order valence-corrected chi connectivity index (χ0v) is 19.2. The molecule has 6 rings (SSSR count). The third kappa shape index (κ3) is 4.50. The highest BCUT2D eigenvalue weighted by atomic mass is 16.6. The normalized spacial score (nSPS) is 10.8. The van der Waals surface area contributed by atoms with Crippen molar-refractivity contribution in [3.8, 4) is 22.5 Å². The van der Waals surface area contributed by atoms with Gasteiger partial charge < -0.3 is 15.3 Å². The second-order valence-electron chi connectivity index (χ2n) is 8.35. The molecule has 0 spiro atoms. The van der Waals surface area contributed by atoms with E-state index < -0.39 is 0 Å². The van der Waals surface area contributed by atoms with E-state index in [1.807, 2.05) is 54.6 Å². The molecule has 6 nitrogen and oxygen atoms in total. The van der Waals surface area contributed by atoms with Gasteiger partial charge in [-0.15, -0.1) is 0 Å². The summed E-state index contributed by atoms with van der Waals surface area (Å²) < 4.78 is 2.20. The molecule has 0 amide bonds. The molecule has 0 bridgehead atoms. The van der Waals surface area contributed by atoms with Crippen LogP contribution in [-0.2, 0) is 7.05 Å². The van der Waals surface area contributed by atoms with Crippen LogP contribution in [0.25, 0.3) is 44.3 Å². The number of anilines is 1. The van der Waals surface area contributed by atoms with Crippen LogP contribution in [0.2, 0.25) is 0 Å². The van der Waals surface area contributed by atoms with E-state index in [-0.39, 0.29) is 10.6 Å². The molecule has 0 aliphatic heterocycles. The van der Waals surface area contributed by atoms with Crippen molar-refractivity contribution in [3.05, 3.63) is 119 Å². The van der Waals surface area contributed by atoms with E-state index in [9.17, 15) is 10.1 Å². The molecule has 4 aromatic carbocycles. The Morgan fingerprint density at radius 1 is 0.771 bits per heavy atom. The van der Waals surface area contributed by atoms with Crippen LogP contribution in [0, 0.1) is 10.1 Å². The molecule has 0 aliphatic carbocycles. The molecule has 0 aliphatic rings. The van der Waals surface area contributed by atoms with Crippen molar-refractivity contribution >= 4 is 33.2 Å². The molecule has 2 heterocycles. The number of nitro groups is 1. The van der Waals surface area contributed by atoms with Crippen molar-refractivity contribution in [3.63, 3.8) is 0 Å². The topological polar surface area (TPSA) is 89.9 Å². The second kappa shape index (κ2) is 9.19. The Kier molecular flexibility index (Phi) is 5.77. The molecule has 0 saturated carbocycles. The zero-order valence-electron chi connectivity index (χ0n) is 19.2. The molecule has 2 aromatic heterocycles. The number of nitrogens with zero attached hydrogens (tertiary/aromatic N) is 2. The SMILES string of the molecule is Cn1c(-c2ccccc2)cc2cc(N)ccc21.O=[N+]([O-])c1ccc2[nH]c(-c3ccccc3)cc2c1. The number of non-ortho nitro benzene ring substituents is 1. The first kappa shape index (κ1) is 22.0. The molecular weight excluding hydrogens is 436 g/mol. The van der Waals surface area contributed by atoms with Gasteiger partial charge in [0.05, 0.1) is 4.92 Å². The number of nitrogen functional groups attached to an aromatic ring is 1. The number of aromatic nitrogens is 2. The predicted octanol–water partition coefficient (Wildman–Crippen LogP) is 7.17. The van der Waals surface area contributed by atoms with Gasteiger partial charge in [0, 0.05) is 58.1 Å². The van der Waals surface area contributed by atoms with Gasteiger partial charge in [0.25, 0.3) is 5.69 Å². The third-order valence-corrected chi connectivity index (χ3v) is 6.04. The fourth-order valence-corrected chi connectivity index (χ4v) is 4.26. The van der Waals surface area contributed by atoms with Gasteiger partial charge in [-0.25, -0.2) is 0 Å². The Morgan fingerprint density at radius 3 is 2.14 bits per heavy atom. The van der Waals surface area contributed by atoms with Gasteiger partial charge >= 0.3 is 0 Å². The van der Waals surface area contributed by atoms with Gasteiger partial charge in [0.2, 0.25) is 0 Å². The van der Waals surface area contributed by atoms with Crippen LogP contribution in [0.5, 0.6) is 0 Å². The third-order valence-electron chi connectivity index (χ3n) is 6.04. The Bertz CT molecular complexity index is 1630. The molecule has 0 radical (unpaired) electrons. The quantitative estimate of drug-likeness (QED) is 0.167. The highest BCUT2D eigenvalue weighted by Gasteiger charge is 2.09. The molecule has 0 atom stereocenters. The lowest BCUT2D eigenvalue weighted by atomic mass is 10.1. The van der Waals surface area contributed by atoms with Crippen molar-refractivity contribution < 1.29 is 4.92 Å². The smallest absolute Gasteiger partial charge is 0.270 e. The number of aryl methyl sites for hydroxylation is 1. The minimum atomic E-state index is -0.380. The van der Waals surface area contributed by atoms with Gasteiger partial charge in [-0.05, 0) is 47.5 Å². The maximum absolute atomic E-state index is 10.7. The van der Waals surface area contributed by atoms with E-state index in [0.29, 0.717) is 0 Å². The first-order valence-corrected chi connectivity index (χ1v) is 11.2. The standard InChI is InChI=1S/C15H14N2.C14H10N2O2/c1-17-14-8-7-13(16)9-12(14)10-15(17)11-5-3-2-4-6-11;17-16(18)12-6-7-13-11(8-12)9-14(15-13)10-4-2-1-3-5-10/h2-10H,16H2,1H3;1-9,15H. The summed E-state index contributed by atoms with van der Waals surface area (Å²) in [5.74, 6) is 0. The van der Waals surface area contributed by atoms with Crippen molar-refractivity contribution in [1.29, 1.82) is 0 Å². The lowest BCUT2D eigenvalue weighted by Crippen LogP contribution is -1.91. The highest BCUT2D eigenvalue weighted by molar-refractivity contribution is 5.89. The molecule has 6 heteroatoms. The summed E-state index contributed by atoms with van der Waals surface area (Å²) in [7, 11) is 2.08. The summed E-state index contributed by atoms with van der Waals surface area (Å²) in [5.41, 5.74) is 13.3. The summed E-state index contributed by atoms with van der Waals surface area (Å²) in [4.78, 5) is 13.6. The van der Waals surface area contributed by atoms with Gasteiger partial charge in [-0.2, -0.15) is 0 Å². The molecule has 3 N–H and O–H groups in total. The summed E-state index contributed by atoms with van der Waals surface area (Å²) >= 11 is 0. The van der Waals surface area contributed by atoms with Crippen LogP contribution < -0.4 is 5.73 Å². The monoisotopic (exact) mass is 460 g/mol. The number of nitrogens with two attached hydrogens (primary N) is 1. The number of hydrogen-bond donors (Lipinski definition) is 2. The first-order valence-electron chi connectivity index (χ1n) is 11.2. The fourth-order valence-electron chi connectivity index (χ4n) is 4.26. The number of fused-ring (bicyclic) bond motifs is 2. The number of rotatable bonds is 3. The molecule has 0 saturated heterocycles. The molecular formula is C29H24N4O2. The van der Waals surface area contributed by atoms with Crippen LogP contribution in [0.1, 0.15) is 0 Å². The van der Waals surface area contributed by atoms with E-state index in [1.165, 1.54) is 28.2 Å². The van der Waals surface area contributed by atoms with Gasteiger partial charge in [-0.3, -0.25) is 10.1 Å². The Morgan fingerprint density at radius 2 is 1.46 bits per heavy atom. The largest absolute Gasteiger partial charge is 0.399 e. The molecule has 172 valence electrons. The number of aromatic amines is 1. The van der Waals surface area contributed by atoms with Crippen molar-refractivity contribution in [2.24, 2.45) is 7.05 Å². The Balaban J connectivity index is 0.000000145. The summed E-state index contributed by atoms with van der Waals surface area (Å²) in [5, 5.41) is 12.8. The van der Waals surface area contributed by atoms with E-state index in [2.05, 4.69) is 53.0 Å². The number of H-pyrrole nitrogens is 1. The average molecular weight is 461 g/mol. The number of benzene rings is 4. The zero-order chi connectivity index (χ0) is 24.4. The second-order valence-corrected chi connectivity index (χ2v) is 8.35. The van der Waals surface area contributed by atoms with Gasteiger partial charge in [0.15, 0.2) is 0 Å². The number of nitrogens with one attached hydrogen (secondary N) is 1. The molecule has 0 unspecified atom stereocenters. The minimum Gasteiger partial charge on any atom is -0.399 e. The number of nitro benzene ring substituents is 1. The van der Waals surface area contributed by atoms with E-state index in [0.717, 1.165) is 27.8 Å². The van der Waals surface area contributed by atoms with Crippen LogP contribution in [0.3, 0.4) is 0 Å². The first-order chi connectivity index (χ1) is 17.0. The van der Waals surface area contributed by atoms with Crippen molar-refractivity contribution in [1.82, 2.24) is 9.55 Å². The van der Waals surface area contributed by atoms with Crippen LogP contribution in [0.15, 0.2) is 109 Å². The summed E-state index contributed by atoms with van der Waals surface area (Å²) in [6, 6.07) is 35.2. The Labute approximate surface area is 202 Å². The average Bonchev–Trinajstić information content (AvgIpc) is 3.46. The van der Waals surface area contributed by atoms with Crippen LogP contribution >= 0.6 is 0 Å². The van der Waals surface area contributed by atoms with Crippen molar-refractivity contribution in [2.75, 3.05) is 5.73 Å². The van der Waals surface area contributed by atoms with Crippen LogP contribution in [0.4, 0.5) is 11.4 Å². The van der Waals surface area contributed by atoms with Gasteiger partial charge in [0.1, 0.15) is 0 Å². The number of hydrogen-bond acceptors (Lipinski definition) is 3. The fraction of sp³-hybridized carbons (Fsp3) is 0.0345. The maximum Gasteiger partial charge on any atom is 0.270 e. The molecule has 6 aromatic rings. The molecule has 0 fully saturated rings. The minimum absolute atomic E-state index is 0.112. The highest BCUT2D eigenvalue weighted by Crippen LogP contribution is 2.28. The Hall–Kier alpha value is -4.84. The lowest BCUT2D eigenvalue weighted by molar-refractivity contribution is -0.384. The van der Waals surface area contributed by atoms with E-state index in [1.54, 1.807) is 12.1 Å². The lowest BCUT2D eigenvalue weighted by Gasteiger charge is -2.03. The summed E-state index contributed by atoms with van der Waals surface area (Å²) in [6.07, 6.45) is 0. The molecule has 35 heavy (non-hydrogen) atoms. The maximum atomic E-state index is 10.7. The van der Waals surface area contributed by atoms with Crippen molar-refractivity contribution in [2.45, 2.75) is 0 Å².